The van der Waals surface area contributed by atoms with Crippen LogP contribution >= 0.6 is 0 Å². The van der Waals surface area contributed by atoms with Gasteiger partial charge in [-0.05, 0) is 32.6 Å². The van der Waals surface area contributed by atoms with Gasteiger partial charge in [-0.15, -0.1) is 0 Å². The van der Waals surface area contributed by atoms with Gasteiger partial charge in [0.25, 0.3) is 10.2 Å². The molecule has 0 bridgehead atoms. The molecule has 2 saturated carbocycles. The van der Waals surface area contributed by atoms with Crippen LogP contribution in [0.4, 0.5) is 0 Å². The molecule has 0 amide bonds. The van der Waals surface area contributed by atoms with Crippen molar-refractivity contribution in [2.24, 2.45) is 11.7 Å². The minimum Gasteiger partial charge on any atom is -0.480 e. The number of hydrogen-bond donors (Lipinski definition) is 4. The highest BCUT2D eigenvalue weighted by Crippen LogP contribution is 2.52. The number of carbonyl (C=O) groups is 1. The Morgan fingerprint density at radius 3 is 2.33 bits per heavy atom. The van der Waals surface area contributed by atoms with E-state index in [1.54, 1.807) is 4.31 Å². The number of likely N-dealkylation sites (N-methyl/N-ethyl adjacent to an activating group) is 1. The van der Waals surface area contributed by atoms with Crippen LogP contribution in [0, 0.1) is 5.92 Å². The van der Waals surface area contributed by atoms with Crippen molar-refractivity contribution in [1.82, 2.24) is 13.5 Å². The van der Waals surface area contributed by atoms with Gasteiger partial charge in [-0.3, -0.25) is 9.69 Å². The number of hydrogen-bond acceptors (Lipinski definition) is 7. The number of aliphatic carboxylic acids is 1. The number of carboxylic acid groups (broad SMARTS) is 1. The van der Waals surface area contributed by atoms with Gasteiger partial charge in [-0.25, -0.2) is 0 Å². The maximum atomic E-state index is 13.3. The lowest BCUT2D eigenvalue weighted by Gasteiger charge is -2.33. The molecule has 4 aliphatic rings. The normalized spacial score (nSPS) is 41.9. The predicted octanol–water partition coefficient (Wildman–Crippen LogP) is -2.27. The van der Waals surface area contributed by atoms with E-state index < -0.39 is 34.8 Å². The van der Waals surface area contributed by atoms with Crippen molar-refractivity contribution in [2.75, 3.05) is 20.1 Å². The number of nitrogens with zero attached hydrogens (tertiary/aromatic N) is 3. The molecule has 27 heavy (non-hydrogen) atoms. The first-order valence-electron chi connectivity index (χ1n) is 9.46. The number of fused-ring (bicyclic) bond motifs is 2. The van der Waals surface area contributed by atoms with E-state index in [-0.39, 0.29) is 43.6 Å². The van der Waals surface area contributed by atoms with Gasteiger partial charge >= 0.3 is 13.1 Å². The van der Waals surface area contributed by atoms with Crippen LogP contribution in [0.2, 0.25) is 6.32 Å². The monoisotopic (exact) mass is 402 g/mol. The van der Waals surface area contributed by atoms with Crippen molar-refractivity contribution in [1.29, 1.82) is 0 Å². The van der Waals surface area contributed by atoms with E-state index in [4.69, 9.17) is 15.8 Å². The Hall–Kier alpha value is -0.755. The van der Waals surface area contributed by atoms with Crippen molar-refractivity contribution >= 4 is 23.3 Å². The quantitative estimate of drug-likeness (QED) is 0.349. The third-order valence-corrected chi connectivity index (χ3v) is 8.75. The Labute approximate surface area is 159 Å². The summed E-state index contributed by atoms with van der Waals surface area (Å²) in [6.07, 6.45) is 2.44. The number of nitrogens with two attached hydrogens (primary N) is 1. The van der Waals surface area contributed by atoms with Crippen LogP contribution in [-0.2, 0) is 15.0 Å². The van der Waals surface area contributed by atoms with E-state index in [1.807, 2.05) is 7.05 Å². The van der Waals surface area contributed by atoms with Crippen molar-refractivity contribution in [3.8, 4) is 0 Å². The van der Waals surface area contributed by atoms with Crippen molar-refractivity contribution in [3.05, 3.63) is 0 Å². The van der Waals surface area contributed by atoms with E-state index >= 15 is 0 Å². The number of piperazine rings is 1. The van der Waals surface area contributed by atoms with Gasteiger partial charge in [0.2, 0.25) is 0 Å². The standard InChI is InChI=1S/C15H27BN4O6S/c1-18-10-5-12(10)20(13-6-11(13)18)27(25,26)19-7-9(3-2-4-16(23)24)15(17,8-19)14(21)22/h9-13,23-24H,2-8,17H2,1H3,(H,21,22)/t9-,10-,11+,12+,13-,15-/m0/s1. The first kappa shape index (κ1) is 19.6. The highest BCUT2D eigenvalue weighted by atomic mass is 32.2. The minimum atomic E-state index is -3.78. The van der Waals surface area contributed by atoms with Crippen LogP contribution < -0.4 is 5.73 Å². The predicted molar refractivity (Wildman–Crippen MR) is 96.8 cm³/mol. The molecule has 0 aromatic rings. The fourth-order valence-corrected chi connectivity index (χ4v) is 7.08. The summed E-state index contributed by atoms with van der Waals surface area (Å²) in [7, 11) is -3.21. The first-order chi connectivity index (χ1) is 12.6. The fraction of sp³-hybridized carbons (Fsp3) is 0.933. The van der Waals surface area contributed by atoms with Crippen LogP contribution in [0.3, 0.4) is 0 Å². The summed E-state index contributed by atoms with van der Waals surface area (Å²) in [5, 5.41) is 27.6. The topological polar surface area (TPSA) is 148 Å². The number of rotatable bonds is 7. The van der Waals surface area contributed by atoms with E-state index in [2.05, 4.69) is 4.90 Å². The summed E-state index contributed by atoms with van der Waals surface area (Å²) in [5.74, 6) is -1.79. The van der Waals surface area contributed by atoms with Crippen LogP contribution in [-0.4, -0.2) is 100 Å². The molecule has 4 rings (SSSR count). The Morgan fingerprint density at radius 1 is 1.22 bits per heavy atom. The zero-order chi connectivity index (χ0) is 19.7. The SMILES string of the molecule is CN1[C@@H]2C[C@@H]2N(S(=O)(=O)N2C[C@H](CCCB(O)O)[C@](N)(C(=O)O)C2)[C@@H]2C[C@@H]21. The molecule has 152 valence electrons. The van der Waals surface area contributed by atoms with Gasteiger partial charge < -0.3 is 20.9 Å². The second kappa shape index (κ2) is 6.38. The molecule has 4 fully saturated rings. The van der Waals surface area contributed by atoms with Gasteiger partial charge in [0.05, 0.1) is 0 Å². The first-order valence-corrected chi connectivity index (χ1v) is 10.9. The van der Waals surface area contributed by atoms with Crippen LogP contribution in [0.1, 0.15) is 25.7 Å². The lowest BCUT2D eigenvalue weighted by molar-refractivity contribution is -0.144. The molecule has 5 N–H and O–H groups in total. The maximum absolute atomic E-state index is 13.3. The Balaban J connectivity index is 1.51. The highest BCUT2D eigenvalue weighted by molar-refractivity contribution is 7.86. The molecule has 2 saturated heterocycles. The molecule has 0 aromatic heterocycles. The van der Waals surface area contributed by atoms with Crippen LogP contribution in [0.25, 0.3) is 0 Å². The molecule has 2 aliphatic heterocycles. The van der Waals surface area contributed by atoms with Gasteiger partial charge in [0.15, 0.2) is 0 Å². The number of carboxylic acids is 1. The maximum Gasteiger partial charge on any atom is 0.451 e. The Bertz CT molecular complexity index is 720. The van der Waals surface area contributed by atoms with Crippen LogP contribution in [0.5, 0.6) is 0 Å². The van der Waals surface area contributed by atoms with Crippen LogP contribution in [0.15, 0.2) is 0 Å². The van der Waals surface area contributed by atoms with Gasteiger partial charge in [-0.1, -0.05) is 6.42 Å². The van der Waals surface area contributed by atoms with Crippen molar-refractivity contribution < 1.29 is 28.4 Å². The Kier molecular flexibility index (Phi) is 4.62. The zero-order valence-corrected chi connectivity index (χ0v) is 16.1. The molecule has 2 heterocycles. The van der Waals surface area contributed by atoms with Gasteiger partial charge in [0, 0.05) is 43.2 Å². The third kappa shape index (κ3) is 3.11. The molecule has 6 atom stereocenters. The van der Waals surface area contributed by atoms with E-state index in [0.717, 1.165) is 12.8 Å². The van der Waals surface area contributed by atoms with E-state index in [0.29, 0.717) is 12.8 Å². The lowest BCUT2D eigenvalue weighted by atomic mass is 9.78. The molecule has 12 heteroatoms. The Morgan fingerprint density at radius 2 is 1.81 bits per heavy atom. The van der Waals surface area contributed by atoms with Crippen molar-refractivity contribution in [3.63, 3.8) is 0 Å². The molecule has 0 aromatic carbocycles. The minimum absolute atomic E-state index is 0.0238. The summed E-state index contributed by atoms with van der Waals surface area (Å²) in [6.45, 7) is -0.202. The molecular formula is C15H27BN4O6S. The molecular weight excluding hydrogens is 375 g/mol. The lowest BCUT2D eigenvalue weighted by Crippen LogP contribution is -2.56. The second-order valence-electron chi connectivity index (χ2n) is 8.49. The average molecular weight is 402 g/mol. The average Bonchev–Trinajstić information content (AvgIpc) is 3.47. The molecule has 0 spiro atoms. The van der Waals surface area contributed by atoms with Gasteiger partial charge in [-0.2, -0.15) is 17.0 Å². The summed E-state index contributed by atoms with van der Waals surface area (Å²) in [5.41, 5.74) is 4.47. The van der Waals surface area contributed by atoms with E-state index in [1.165, 1.54) is 4.31 Å². The van der Waals surface area contributed by atoms with E-state index in [9.17, 15) is 18.3 Å². The summed E-state index contributed by atoms with van der Waals surface area (Å²) in [6, 6.07) is 0.471. The van der Waals surface area contributed by atoms with Crippen molar-refractivity contribution in [2.45, 2.75) is 61.7 Å². The third-order valence-electron chi connectivity index (χ3n) is 6.74. The summed E-state index contributed by atoms with van der Waals surface area (Å²) in [4.78, 5) is 14.1. The largest absolute Gasteiger partial charge is 0.480 e. The molecule has 10 nitrogen and oxygen atoms in total. The zero-order valence-electron chi connectivity index (χ0n) is 15.3. The smallest absolute Gasteiger partial charge is 0.451 e. The molecule has 0 unspecified atom stereocenters. The summed E-state index contributed by atoms with van der Waals surface area (Å²) < 4.78 is 29.5. The molecule has 0 radical (unpaired) electrons. The molecule has 2 aliphatic carbocycles. The van der Waals surface area contributed by atoms with Gasteiger partial charge in [0.1, 0.15) is 5.54 Å². The fourth-order valence-electron chi connectivity index (χ4n) is 4.94. The highest BCUT2D eigenvalue weighted by Gasteiger charge is 2.67. The summed E-state index contributed by atoms with van der Waals surface area (Å²) >= 11 is 0. The second-order valence-corrected chi connectivity index (χ2v) is 10.3.